The summed E-state index contributed by atoms with van der Waals surface area (Å²) in [6, 6.07) is 15.0. The van der Waals surface area contributed by atoms with Crippen molar-refractivity contribution >= 4 is 29.0 Å². The Morgan fingerprint density at radius 2 is 2.00 bits per heavy atom. The van der Waals surface area contributed by atoms with Gasteiger partial charge in [0.1, 0.15) is 11.4 Å². The lowest BCUT2D eigenvalue weighted by molar-refractivity contribution is -0.122. The Morgan fingerprint density at radius 3 is 2.85 bits per heavy atom. The first kappa shape index (κ1) is 20.7. The van der Waals surface area contributed by atoms with Crippen LogP contribution in [0.1, 0.15) is 19.0 Å². The molecule has 0 bridgehead atoms. The molecule has 0 saturated carbocycles. The van der Waals surface area contributed by atoms with Crippen molar-refractivity contribution in [1.29, 1.82) is 0 Å². The summed E-state index contributed by atoms with van der Waals surface area (Å²) in [6.45, 7) is 3.19. The van der Waals surface area contributed by atoms with Crippen LogP contribution in [0.5, 0.6) is 5.75 Å². The Hall–Kier alpha value is -4.14. The molecule has 1 fully saturated rings. The largest absolute Gasteiger partial charge is 0.492 e. The summed E-state index contributed by atoms with van der Waals surface area (Å²) in [6.07, 6.45) is 5.84. The topological polar surface area (TPSA) is 93.8 Å². The van der Waals surface area contributed by atoms with Crippen molar-refractivity contribution in [3.8, 4) is 5.75 Å². The second kappa shape index (κ2) is 8.78. The summed E-state index contributed by atoms with van der Waals surface area (Å²) < 4.78 is 9.32. The van der Waals surface area contributed by atoms with Gasteiger partial charge in [-0.3, -0.25) is 14.3 Å². The Kier molecular flexibility index (Phi) is 5.52. The standard InChI is InChI=1S/C24H24N6O3/c1-2-33-20-8-4-3-7-19(20)30-14-17(13-23(30)31)24(32)26-21-10-12-29(27-21)16-18-15-28-11-6-5-9-22(28)25-18/h3-12,15,17H,2,13-14,16H2,1H3,(H,26,27,32)/t17-/m1/s1. The lowest BCUT2D eigenvalue weighted by Gasteiger charge is -2.20. The zero-order valence-electron chi connectivity index (χ0n) is 18.2. The highest BCUT2D eigenvalue weighted by atomic mass is 16.5. The number of hydrogen-bond acceptors (Lipinski definition) is 5. The molecule has 2 amide bonds. The molecule has 1 N–H and O–H groups in total. The number of pyridine rings is 1. The summed E-state index contributed by atoms with van der Waals surface area (Å²) in [5.74, 6) is 0.303. The quantitative estimate of drug-likeness (QED) is 0.473. The second-order valence-corrected chi connectivity index (χ2v) is 7.89. The molecule has 5 rings (SSSR count). The fraction of sp³-hybridized carbons (Fsp3) is 0.250. The Balaban J connectivity index is 1.23. The average molecular weight is 444 g/mol. The number of carbonyl (C=O) groups is 2. The minimum absolute atomic E-state index is 0.0975. The van der Waals surface area contributed by atoms with E-state index in [-0.39, 0.29) is 18.2 Å². The molecule has 9 nitrogen and oxygen atoms in total. The van der Waals surface area contributed by atoms with E-state index in [4.69, 9.17) is 4.74 Å². The van der Waals surface area contributed by atoms with Gasteiger partial charge in [0.25, 0.3) is 0 Å². The molecule has 168 valence electrons. The number of carbonyl (C=O) groups excluding carboxylic acids is 2. The number of fused-ring (bicyclic) bond motifs is 1. The van der Waals surface area contributed by atoms with Crippen LogP contribution >= 0.6 is 0 Å². The van der Waals surface area contributed by atoms with Gasteiger partial charge in [-0.1, -0.05) is 18.2 Å². The van der Waals surface area contributed by atoms with Crippen LogP contribution < -0.4 is 15.0 Å². The summed E-state index contributed by atoms with van der Waals surface area (Å²) in [4.78, 5) is 31.7. The van der Waals surface area contributed by atoms with Crippen LogP contribution in [0.2, 0.25) is 0 Å². The van der Waals surface area contributed by atoms with Crippen LogP contribution in [0.15, 0.2) is 67.1 Å². The number of rotatable bonds is 7. The number of amides is 2. The molecule has 9 heteroatoms. The van der Waals surface area contributed by atoms with Crippen molar-refractivity contribution in [3.63, 3.8) is 0 Å². The van der Waals surface area contributed by atoms with Gasteiger partial charge < -0.3 is 19.4 Å². The van der Waals surface area contributed by atoms with Gasteiger partial charge in [-0.25, -0.2) is 4.98 Å². The third-order valence-corrected chi connectivity index (χ3v) is 5.58. The molecular weight excluding hydrogens is 420 g/mol. The normalized spacial score (nSPS) is 15.8. The van der Waals surface area contributed by atoms with Crippen LogP contribution in [0, 0.1) is 5.92 Å². The third kappa shape index (κ3) is 4.30. The van der Waals surface area contributed by atoms with Crippen LogP contribution in [0.4, 0.5) is 11.5 Å². The summed E-state index contributed by atoms with van der Waals surface area (Å²) in [7, 11) is 0. The highest BCUT2D eigenvalue weighted by Crippen LogP contribution is 2.33. The van der Waals surface area contributed by atoms with Crippen molar-refractivity contribution in [1.82, 2.24) is 19.2 Å². The first-order valence-electron chi connectivity index (χ1n) is 10.9. The number of benzene rings is 1. The molecular formula is C24H24N6O3. The van der Waals surface area contributed by atoms with Gasteiger partial charge >= 0.3 is 0 Å². The van der Waals surface area contributed by atoms with Crippen molar-refractivity contribution < 1.29 is 14.3 Å². The smallest absolute Gasteiger partial charge is 0.231 e. The minimum Gasteiger partial charge on any atom is -0.492 e. The van der Waals surface area contributed by atoms with E-state index < -0.39 is 5.92 Å². The van der Waals surface area contributed by atoms with E-state index >= 15 is 0 Å². The fourth-order valence-corrected chi connectivity index (χ4v) is 4.05. The number of imidazole rings is 1. The van der Waals surface area contributed by atoms with Crippen molar-refractivity contribution in [2.24, 2.45) is 5.92 Å². The van der Waals surface area contributed by atoms with E-state index in [1.54, 1.807) is 21.8 Å². The first-order valence-corrected chi connectivity index (χ1v) is 10.9. The predicted molar refractivity (Wildman–Crippen MR) is 123 cm³/mol. The maximum Gasteiger partial charge on any atom is 0.231 e. The fourth-order valence-electron chi connectivity index (χ4n) is 4.05. The van der Waals surface area contributed by atoms with E-state index in [0.29, 0.717) is 37.0 Å². The van der Waals surface area contributed by atoms with E-state index in [1.165, 1.54) is 0 Å². The molecule has 1 aliphatic heterocycles. The van der Waals surface area contributed by atoms with E-state index in [1.807, 2.05) is 66.2 Å². The van der Waals surface area contributed by atoms with E-state index in [0.717, 1.165) is 11.3 Å². The third-order valence-electron chi connectivity index (χ3n) is 5.58. The van der Waals surface area contributed by atoms with Gasteiger partial charge in [0.2, 0.25) is 11.8 Å². The molecule has 1 atom stereocenters. The highest BCUT2D eigenvalue weighted by Gasteiger charge is 2.36. The van der Waals surface area contributed by atoms with Crippen molar-refractivity contribution in [3.05, 3.63) is 72.8 Å². The number of para-hydroxylation sites is 2. The molecule has 3 aromatic heterocycles. The van der Waals surface area contributed by atoms with E-state index in [9.17, 15) is 9.59 Å². The molecule has 1 aromatic carbocycles. The Labute approximate surface area is 190 Å². The molecule has 33 heavy (non-hydrogen) atoms. The first-order chi connectivity index (χ1) is 16.1. The van der Waals surface area contributed by atoms with Crippen LogP contribution in [0.25, 0.3) is 5.65 Å². The van der Waals surface area contributed by atoms with Crippen molar-refractivity contribution in [2.45, 2.75) is 19.9 Å². The van der Waals surface area contributed by atoms with Crippen LogP contribution in [0.3, 0.4) is 0 Å². The maximum absolute atomic E-state index is 12.8. The van der Waals surface area contributed by atoms with Gasteiger partial charge in [-0.15, -0.1) is 0 Å². The lowest BCUT2D eigenvalue weighted by atomic mass is 10.1. The average Bonchev–Trinajstić information content (AvgIpc) is 3.53. The molecule has 1 aliphatic rings. The van der Waals surface area contributed by atoms with Gasteiger partial charge in [0, 0.05) is 37.6 Å². The number of ether oxygens (including phenoxy) is 1. The maximum atomic E-state index is 12.8. The molecule has 0 aliphatic carbocycles. The minimum atomic E-state index is -0.462. The monoisotopic (exact) mass is 444 g/mol. The lowest BCUT2D eigenvalue weighted by Crippen LogP contribution is -2.28. The number of nitrogens with one attached hydrogen (secondary N) is 1. The van der Waals surface area contributed by atoms with Crippen LogP contribution in [-0.4, -0.2) is 44.1 Å². The van der Waals surface area contributed by atoms with Gasteiger partial charge in [-0.2, -0.15) is 5.10 Å². The van der Waals surface area contributed by atoms with Gasteiger partial charge in [-0.05, 0) is 31.2 Å². The van der Waals surface area contributed by atoms with Crippen LogP contribution in [-0.2, 0) is 16.1 Å². The summed E-state index contributed by atoms with van der Waals surface area (Å²) in [5.41, 5.74) is 2.43. The summed E-state index contributed by atoms with van der Waals surface area (Å²) >= 11 is 0. The zero-order chi connectivity index (χ0) is 22.8. The molecule has 4 heterocycles. The predicted octanol–water partition coefficient (Wildman–Crippen LogP) is 2.97. The SMILES string of the molecule is CCOc1ccccc1N1C[C@H](C(=O)Nc2ccn(Cc3cn4ccccc4n3)n2)CC1=O. The second-order valence-electron chi connectivity index (χ2n) is 7.89. The number of anilines is 2. The van der Waals surface area contributed by atoms with Gasteiger partial charge in [0.05, 0.1) is 30.5 Å². The Morgan fingerprint density at radius 1 is 1.15 bits per heavy atom. The van der Waals surface area contributed by atoms with Gasteiger partial charge in [0.15, 0.2) is 5.82 Å². The van der Waals surface area contributed by atoms with E-state index in [2.05, 4.69) is 15.4 Å². The number of hydrogen-bond donors (Lipinski definition) is 1. The highest BCUT2D eigenvalue weighted by molar-refractivity contribution is 6.03. The molecule has 0 radical (unpaired) electrons. The van der Waals surface area contributed by atoms with Crippen molar-refractivity contribution in [2.75, 3.05) is 23.4 Å². The molecule has 1 saturated heterocycles. The molecule has 4 aromatic rings. The molecule has 0 unspecified atom stereocenters. The number of aromatic nitrogens is 4. The summed E-state index contributed by atoms with van der Waals surface area (Å²) in [5, 5.41) is 7.28. The Bertz CT molecular complexity index is 1280. The zero-order valence-corrected chi connectivity index (χ0v) is 18.2. The number of nitrogens with zero attached hydrogens (tertiary/aromatic N) is 5. The molecule has 0 spiro atoms.